The number of amides is 1. The Morgan fingerprint density at radius 2 is 1.93 bits per heavy atom. The van der Waals surface area contributed by atoms with Crippen molar-refractivity contribution in [3.8, 4) is 17.0 Å². The lowest BCUT2D eigenvalue weighted by Crippen LogP contribution is -2.55. The Morgan fingerprint density at radius 3 is 2.59 bits per heavy atom. The van der Waals surface area contributed by atoms with Crippen LogP contribution < -0.4 is 10.1 Å². The Balaban J connectivity index is 1.35. The van der Waals surface area contributed by atoms with E-state index < -0.39 is 24.2 Å². The summed E-state index contributed by atoms with van der Waals surface area (Å²) in [5.74, 6) is 0.422. The molecule has 0 saturated carbocycles. The van der Waals surface area contributed by atoms with Crippen LogP contribution in [0.3, 0.4) is 0 Å². The minimum absolute atomic E-state index is 0.0915. The second-order valence-corrected chi connectivity index (χ2v) is 10.5. The maximum absolute atomic E-state index is 13.9. The fourth-order valence-corrected chi connectivity index (χ4v) is 4.39. The van der Waals surface area contributed by atoms with Crippen LogP contribution in [0.25, 0.3) is 16.8 Å². The molecule has 1 aliphatic heterocycles. The number of nitrogens with zero attached hydrogens (tertiary/aromatic N) is 7. The molecule has 1 N–H and O–H groups in total. The standard InChI is InChI=1S/C26H30F2N8O5/c1-26(2,3)41-25(38)34-8-7-16(34)14-40-19-13-29-36(24(27)28)22(19)15-6-9-35-17(10-15)11-20(32-35)30-21-12-18(23(37)39-5)33(4)31-21/h6,9-13,16,24H,7-8,14H2,1-5H3,(H,30,31,32)/t16-/m1/s1. The van der Waals surface area contributed by atoms with Gasteiger partial charge < -0.3 is 24.4 Å². The number of halogens is 2. The van der Waals surface area contributed by atoms with Crippen molar-refractivity contribution in [2.75, 3.05) is 25.6 Å². The fraction of sp³-hybridized carbons (Fsp3) is 0.423. The van der Waals surface area contributed by atoms with E-state index in [2.05, 4.69) is 20.6 Å². The first-order valence-corrected chi connectivity index (χ1v) is 12.8. The Kier molecular flexibility index (Phi) is 7.28. The van der Waals surface area contributed by atoms with E-state index in [1.54, 1.807) is 61.6 Å². The Labute approximate surface area is 233 Å². The molecule has 1 fully saturated rings. The number of nitrogens with one attached hydrogen (secondary N) is 1. The molecule has 0 spiro atoms. The maximum Gasteiger partial charge on any atom is 0.410 e. The van der Waals surface area contributed by atoms with Crippen molar-refractivity contribution >= 4 is 29.2 Å². The van der Waals surface area contributed by atoms with Crippen molar-refractivity contribution in [2.24, 2.45) is 7.05 Å². The largest absolute Gasteiger partial charge is 0.487 e. The molecule has 5 heterocycles. The average Bonchev–Trinajstić information content (AvgIpc) is 3.57. The minimum Gasteiger partial charge on any atom is -0.487 e. The van der Waals surface area contributed by atoms with Crippen molar-refractivity contribution < 1.29 is 32.6 Å². The number of alkyl halides is 2. The van der Waals surface area contributed by atoms with Crippen molar-refractivity contribution in [2.45, 2.75) is 45.4 Å². The molecule has 4 aromatic rings. The van der Waals surface area contributed by atoms with Crippen LogP contribution in [-0.2, 0) is 16.5 Å². The topological polar surface area (TPSA) is 130 Å². The number of esters is 1. The van der Waals surface area contributed by atoms with E-state index in [1.165, 1.54) is 24.1 Å². The predicted octanol–water partition coefficient (Wildman–Crippen LogP) is 4.24. The van der Waals surface area contributed by atoms with Crippen molar-refractivity contribution in [1.29, 1.82) is 0 Å². The van der Waals surface area contributed by atoms with Gasteiger partial charge in [0, 0.05) is 37.5 Å². The van der Waals surface area contributed by atoms with E-state index in [0.29, 0.717) is 40.4 Å². The van der Waals surface area contributed by atoms with Crippen LogP contribution >= 0.6 is 0 Å². The van der Waals surface area contributed by atoms with Crippen LogP contribution in [-0.4, -0.2) is 78.0 Å². The van der Waals surface area contributed by atoms with Gasteiger partial charge in [0.2, 0.25) is 0 Å². The molecule has 0 unspecified atom stereocenters. The number of rotatable bonds is 8. The van der Waals surface area contributed by atoms with Crippen molar-refractivity contribution in [1.82, 2.24) is 34.1 Å². The van der Waals surface area contributed by atoms with Crippen LogP contribution in [0.4, 0.5) is 25.2 Å². The summed E-state index contributed by atoms with van der Waals surface area (Å²) in [4.78, 5) is 25.9. The van der Waals surface area contributed by atoms with E-state index in [9.17, 15) is 18.4 Å². The number of carbonyl (C=O) groups is 2. The Hall–Kier alpha value is -4.69. The second kappa shape index (κ2) is 10.7. The average molecular weight is 573 g/mol. The van der Waals surface area contributed by atoms with E-state index in [1.807, 2.05) is 0 Å². The van der Waals surface area contributed by atoms with Gasteiger partial charge in [-0.1, -0.05) is 0 Å². The molecule has 1 saturated heterocycles. The van der Waals surface area contributed by atoms with Gasteiger partial charge in [-0.3, -0.25) is 4.68 Å². The zero-order valence-electron chi connectivity index (χ0n) is 23.2. The van der Waals surface area contributed by atoms with Gasteiger partial charge in [0.25, 0.3) is 0 Å². The molecular formula is C26H30F2N8O5. The Morgan fingerprint density at radius 1 is 1.17 bits per heavy atom. The molecule has 1 aliphatic rings. The highest BCUT2D eigenvalue weighted by Crippen LogP contribution is 2.35. The number of aryl methyl sites for hydroxylation is 1. The summed E-state index contributed by atoms with van der Waals surface area (Å²) >= 11 is 0. The monoisotopic (exact) mass is 572 g/mol. The lowest BCUT2D eigenvalue weighted by atomic mass is 10.1. The first-order chi connectivity index (χ1) is 19.4. The fourth-order valence-electron chi connectivity index (χ4n) is 4.39. The first-order valence-electron chi connectivity index (χ1n) is 12.8. The molecule has 0 aromatic carbocycles. The van der Waals surface area contributed by atoms with Gasteiger partial charge >= 0.3 is 18.6 Å². The number of ether oxygens (including phenoxy) is 3. The number of hydrogen-bond acceptors (Lipinski definition) is 9. The summed E-state index contributed by atoms with van der Waals surface area (Å²) < 4.78 is 47.5. The molecule has 0 aliphatic carbocycles. The highest BCUT2D eigenvalue weighted by Gasteiger charge is 2.36. The van der Waals surface area contributed by atoms with Gasteiger partial charge in [-0.15, -0.1) is 0 Å². The zero-order valence-corrected chi connectivity index (χ0v) is 23.2. The van der Waals surface area contributed by atoms with Gasteiger partial charge in [-0.05, 0) is 39.3 Å². The van der Waals surface area contributed by atoms with E-state index >= 15 is 0 Å². The summed E-state index contributed by atoms with van der Waals surface area (Å²) in [5, 5.41) is 15.5. The predicted molar refractivity (Wildman–Crippen MR) is 142 cm³/mol. The van der Waals surface area contributed by atoms with Crippen LogP contribution in [0.15, 0.2) is 36.7 Å². The summed E-state index contributed by atoms with van der Waals surface area (Å²) in [6.45, 7) is 3.09. The van der Waals surface area contributed by atoms with Crippen LogP contribution in [0, 0.1) is 0 Å². The smallest absolute Gasteiger partial charge is 0.410 e. The molecule has 5 rings (SSSR count). The number of anilines is 2. The first kappa shape index (κ1) is 27.9. The summed E-state index contributed by atoms with van der Waals surface area (Å²) in [7, 11) is 2.89. The molecule has 1 amide bonds. The highest BCUT2D eigenvalue weighted by molar-refractivity contribution is 5.88. The third-order valence-corrected chi connectivity index (χ3v) is 6.42. The van der Waals surface area contributed by atoms with E-state index in [4.69, 9.17) is 14.2 Å². The molecular weight excluding hydrogens is 542 g/mol. The van der Waals surface area contributed by atoms with Crippen LogP contribution in [0.2, 0.25) is 0 Å². The number of pyridine rings is 1. The van der Waals surface area contributed by atoms with E-state index in [-0.39, 0.29) is 29.8 Å². The van der Waals surface area contributed by atoms with Gasteiger partial charge in [0.1, 0.15) is 23.6 Å². The third kappa shape index (κ3) is 5.78. The Bertz CT molecular complexity index is 1590. The number of carbonyl (C=O) groups excluding carboxylic acids is 2. The summed E-state index contributed by atoms with van der Waals surface area (Å²) in [5.41, 5.74) is 0.741. The van der Waals surface area contributed by atoms with Crippen LogP contribution in [0.1, 0.15) is 44.2 Å². The number of methoxy groups -OCH3 is 1. The van der Waals surface area contributed by atoms with Gasteiger partial charge in [-0.25, -0.2) is 14.1 Å². The molecule has 0 radical (unpaired) electrons. The lowest BCUT2D eigenvalue weighted by molar-refractivity contribution is -0.0141. The number of likely N-dealkylation sites (tertiary alicyclic amines) is 1. The molecule has 15 heteroatoms. The normalized spacial score (nSPS) is 15.2. The maximum atomic E-state index is 13.9. The molecule has 218 valence electrons. The highest BCUT2D eigenvalue weighted by atomic mass is 19.3. The third-order valence-electron chi connectivity index (χ3n) is 6.42. The summed E-state index contributed by atoms with van der Waals surface area (Å²) in [6, 6.07) is 6.28. The quantitative estimate of drug-likeness (QED) is 0.308. The van der Waals surface area contributed by atoms with Gasteiger partial charge in [-0.2, -0.15) is 28.8 Å². The van der Waals surface area contributed by atoms with Crippen molar-refractivity contribution in [3.63, 3.8) is 0 Å². The second-order valence-electron chi connectivity index (χ2n) is 10.5. The van der Waals surface area contributed by atoms with Gasteiger partial charge in [0.05, 0.1) is 24.9 Å². The van der Waals surface area contributed by atoms with E-state index in [0.717, 1.165) is 0 Å². The number of aromatic nitrogens is 6. The minimum atomic E-state index is -2.91. The lowest BCUT2D eigenvalue weighted by Gasteiger charge is -2.40. The van der Waals surface area contributed by atoms with Crippen LogP contribution in [0.5, 0.6) is 5.75 Å². The molecule has 1 atom stereocenters. The molecule has 0 bridgehead atoms. The SMILES string of the molecule is COC(=O)c1cc(Nc2cc3cc(-c4c(OC[C@H]5CCN5C(=O)OC(C)(C)C)cnn4C(F)F)ccn3n2)nn1C. The molecule has 41 heavy (non-hydrogen) atoms. The zero-order chi connectivity index (χ0) is 29.5. The number of fused-ring (bicyclic) bond motifs is 1. The van der Waals surface area contributed by atoms with Crippen molar-refractivity contribution in [3.05, 3.63) is 42.4 Å². The molecule has 4 aromatic heterocycles. The van der Waals surface area contributed by atoms with Gasteiger partial charge in [0.15, 0.2) is 17.4 Å². The summed E-state index contributed by atoms with van der Waals surface area (Å²) in [6.07, 6.45) is 3.12. The molecule has 13 nitrogen and oxygen atoms in total. The number of hydrogen-bond donors (Lipinski definition) is 1.